The van der Waals surface area contributed by atoms with Gasteiger partial charge in [0.1, 0.15) is 6.10 Å². The van der Waals surface area contributed by atoms with Gasteiger partial charge in [0.25, 0.3) is 0 Å². The predicted octanol–water partition coefficient (Wildman–Crippen LogP) is 2.28. The van der Waals surface area contributed by atoms with Crippen LogP contribution in [-0.2, 0) is 9.47 Å². The minimum absolute atomic E-state index is 0.0322. The van der Waals surface area contributed by atoms with Gasteiger partial charge in [-0.05, 0) is 25.0 Å². The molecule has 0 aliphatic carbocycles. The highest BCUT2D eigenvalue weighted by atomic mass is 16.6. The van der Waals surface area contributed by atoms with Crippen molar-refractivity contribution >= 4 is 17.1 Å². The van der Waals surface area contributed by atoms with Gasteiger partial charge < -0.3 is 19.4 Å². The van der Waals surface area contributed by atoms with Gasteiger partial charge in [-0.15, -0.1) is 0 Å². The fourth-order valence-corrected chi connectivity index (χ4v) is 3.75. The number of benzene rings is 1. The lowest BCUT2D eigenvalue weighted by Crippen LogP contribution is -2.42. The van der Waals surface area contributed by atoms with Crippen LogP contribution in [0.25, 0.3) is 11.0 Å². The molecule has 7 nitrogen and oxygen atoms in total. The number of carbonyl (C=O) groups is 1. The zero-order chi connectivity index (χ0) is 17.2. The maximum absolute atomic E-state index is 12.3. The third-order valence-corrected chi connectivity index (χ3v) is 5.15. The number of imidazole rings is 1. The van der Waals surface area contributed by atoms with Crippen LogP contribution in [0.15, 0.2) is 29.1 Å². The van der Waals surface area contributed by atoms with Gasteiger partial charge in [-0.2, -0.15) is 0 Å². The molecular weight excluding hydrogens is 322 g/mol. The van der Waals surface area contributed by atoms with Gasteiger partial charge >= 0.3 is 11.8 Å². The second kappa shape index (κ2) is 6.92. The molecule has 0 radical (unpaired) electrons. The van der Waals surface area contributed by atoms with E-state index in [0.717, 1.165) is 36.7 Å². The third-order valence-electron chi connectivity index (χ3n) is 5.15. The Balaban J connectivity index is 1.40. The van der Waals surface area contributed by atoms with Gasteiger partial charge in [-0.25, -0.2) is 9.59 Å². The minimum Gasteiger partial charge on any atom is -0.446 e. The Morgan fingerprint density at radius 2 is 1.84 bits per heavy atom. The molecule has 1 aromatic carbocycles. The van der Waals surface area contributed by atoms with Crippen molar-refractivity contribution in [3.8, 4) is 0 Å². The monoisotopic (exact) mass is 345 g/mol. The molecule has 4 rings (SSSR count). The lowest BCUT2D eigenvalue weighted by Gasteiger charge is -2.33. The number of nitrogens with one attached hydrogen (secondary N) is 1. The Morgan fingerprint density at radius 3 is 2.60 bits per heavy atom. The number of ether oxygens (including phenoxy) is 2. The van der Waals surface area contributed by atoms with E-state index in [1.807, 2.05) is 28.8 Å². The number of hydrogen-bond donors (Lipinski definition) is 1. The highest BCUT2D eigenvalue weighted by Gasteiger charge is 2.28. The number of fused-ring (bicyclic) bond motifs is 1. The van der Waals surface area contributed by atoms with Crippen LogP contribution in [0.2, 0.25) is 0 Å². The largest absolute Gasteiger partial charge is 0.446 e. The topological polar surface area (TPSA) is 76.6 Å². The maximum atomic E-state index is 12.3. The molecule has 0 unspecified atom stereocenters. The number of aromatic amines is 1. The lowest BCUT2D eigenvalue weighted by atomic mass is 10.0. The zero-order valence-electron chi connectivity index (χ0n) is 14.1. The second-order valence-corrected chi connectivity index (χ2v) is 6.73. The molecule has 3 heterocycles. The molecular formula is C18H23N3O4. The van der Waals surface area contributed by atoms with Crippen molar-refractivity contribution in [2.24, 2.45) is 0 Å². The van der Waals surface area contributed by atoms with E-state index in [1.165, 1.54) is 0 Å². The number of para-hydroxylation sites is 2. The summed E-state index contributed by atoms with van der Waals surface area (Å²) in [6.45, 7) is 2.53. The van der Waals surface area contributed by atoms with Gasteiger partial charge in [-0.3, -0.25) is 4.57 Å². The summed E-state index contributed by atoms with van der Waals surface area (Å²) in [5.41, 5.74) is 1.70. The van der Waals surface area contributed by atoms with Crippen molar-refractivity contribution in [1.29, 1.82) is 0 Å². The molecule has 2 saturated heterocycles. The molecule has 1 aromatic heterocycles. The first kappa shape index (κ1) is 16.2. The van der Waals surface area contributed by atoms with E-state index < -0.39 is 0 Å². The Labute approximate surface area is 145 Å². The third kappa shape index (κ3) is 3.28. The van der Waals surface area contributed by atoms with Crippen LogP contribution in [0.1, 0.15) is 31.7 Å². The summed E-state index contributed by atoms with van der Waals surface area (Å²) in [4.78, 5) is 29.3. The summed E-state index contributed by atoms with van der Waals surface area (Å²) >= 11 is 0. The summed E-state index contributed by atoms with van der Waals surface area (Å²) in [6, 6.07) is 7.83. The fraction of sp³-hybridized carbons (Fsp3) is 0.556. The molecule has 0 atom stereocenters. The summed E-state index contributed by atoms with van der Waals surface area (Å²) in [7, 11) is 0. The van der Waals surface area contributed by atoms with Crippen molar-refractivity contribution in [2.75, 3.05) is 26.3 Å². The highest BCUT2D eigenvalue weighted by molar-refractivity contribution is 5.75. The molecule has 2 aliphatic rings. The van der Waals surface area contributed by atoms with E-state index >= 15 is 0 Å². The van der Waals surface area contributed by atoms with Gasteiger partial charge in [0.2, 0.25) is 0 Å². The molecule has 0 spiro atoms. The number of nitrogens with zero attached hydrogens (tertiary/aromatic N) is 2. The number of H-pyrrole nitrogens is 1. The molecule has 25 heavy (non-hydrogen) atoms. The smallest absolute Gasteiger partial charge is 0.410 e. The van der Waals surface area contributed by atoms with E-state index in [1.54, 1.807) is 4.90 Å². The zero-order valence-corrected chi connectivity index (χ0v) is 14.1. The first-order valence-electron chi connectivity index (χ1n) is 8.95. The molecule has 1 N–H and O–H groups in total. The fourth-order valence-electron chi connectivity index (χ4n) is 3.75. The molecule has 0 saturated carbocycles. The van der Waals surface area contributed by atoms with E-state index in [-0.39, 0.29) is 23.9 Å². The average molecular weight is 345 g/mol. The molecule has 1 amide bonds. The van der Waals surface area contributed by atoms with Crippen molar-refractivity contribution < 1.29 is 14.3 Å². The van der Waals surface area contributed by atoms with Crippen LogP contribution in [0, 0.1) is 0 Å². The molecule has 0 bridgehead atoms. The van der Waals surface area contributed by atoms with Crippen LogP contribution in [0.3, 0.4) is 0 Å². The van der Waals surface area contributed by atoms with Crippen LogP contribution >= 0.6 is 0 Å². The van der Waals surface area contributed by atoms with Gasteiger partial charge in [0.05, 0.1) is 24.2 Å². The van der Waals surface area contributed by atoms with Crippen LogP contribution in [-0.4, -0.2) is 53.0 Å². The average Bonchev–Trinajstić information content (AvgIpc) is 2.98. The van der Waals surface area contributed by atoms with E-state index in [9.17, 15) is 9.59 Å². The van der Waals surface area contributed by atoms with Gasteiger partial charge in [0.15, 0.2) is 0 Å². The maximum Gasteiger partial charge on any atom is 0.410 e. The second-order valence-electron chi connectivity index (χ2n) is 6.73. The van der Waals surface area contributed by atoms with Crippen LogP contribution in [0.5, 0.6) is 0 Å². The van der Waals surface area contributed by atoms with Gasteiger partial charge in [0, 0.05) is 32.0 Å². The standard InChI is InChI=1S/C18H23N3O4/c22-17-19-15-3-1-2-4-16(15)21(17)13-5-9-20(10-6-13)18(23)25-14-7-11-24-12-8-14/h1-4,13-14H,5-12H2,(H,19,22). The number of rotatable bonds is 2. The number of carbonyl (C=O) groups excluding carboxylic acids is 1. The Bertz CT molecular complexity index is 798. The van der Waals surface area contributed by atoms with Crippen LogP contribution < -0.4 is 5.69 Å². The highest BCUT2D eigenvalue weighted by Crippen LogP contribution is 2.25. The van der Waals surface area contributed by atoms with Crippen molar-refractivity contribution in [2.45, 2.75) is 37.8 Å². The quantitative estimate of drug-likeness (QED) is 0.906. The van der Waals surface area contributed by atoms with E-state index in [2.05, 4.69) is 4.98 Å². The normalized spacial score (nSPS) is 20.1. The predicted molar refractivity (Wildman–Crippen MR) is 92.7 cm³/mol. The molecule has 2 aliphatic heterocycles. The van der Waals surface area contributed by atoms with E-state index in [4.69, 9.17) is 9.47 Å². The lowest BCUT2D eigenvalue weighted by molar-refractivity contribution is -0.0127. The summed E-state index contributed by atoms with van der Waals surface area (Å²) < 4.78 is 12.7. The molecule has 7 heteroatoms. The molecule has 2 aromatic rings. The Hall–Kier alpha value is -2.28. The summed E-state index contributed by atoms with van der Waals surface area (Å²) in [5.74, 6) is 0. The number of likely N-dealkylation sites (tertiary alicyclic amines) is 1. The Kier molecular flexibility index (Phi) is 4.48. The molecule has 134 valence electrons. The number of aromatic nitrogens is 2. The summed E-state index contributed by atoms with van der Waals surface area (Å²) in [5, 5.41) is 0. The number of hydrogen-bond acceptors (Lipinski definition) is 4. The van der Waals surface area contributed by atoms with Crippen molar-refractivity contribution in [3.63, 3.8) is 0 Å². The SMILES string of the molecule is O=C(OC1CCOCC1)N1CCC(n2c(=O)[nH]c3ccccc32)CC1. The summed E-state index contributed by atoms with van der Waals surface area (Å²) in [6.07, 6.45) is 2.78. The first-order chi connectivity index (χ1) is 12.2. The van der Waals surface area contributed by atoms with Crippen molar-refractivity contribution in [3.05, 3.63) is 34.7 Å². The van der Waals surface area contributed by atoms with Crippen molar-refractivity contribution in [1.82, 2.24) is 14.5 Å². The first-order valence-corrected chi connectivity index (χ1v) is 8.95. The number of amides is 1. The van der Waals surface area contributed by atoms with Crippen LogP contribution in [0.4, 0.5) is 4.79 Å². The number of piperidine rings is 1. The van der Waals surface area contributed by atoms with E-state index in [0.29, 0.717) is 26.3 Å². The van der Waals surface area contributed by atoms with Gasteiger partial charge in [-0.1, -0.05) is 12.1 Å². The Morgan fingerprint density at radius 1 is 1.12 bits per heavy atom. The molecule has 2 fully saturated rings. The minimum atomic E-state index is -0.239.